The number of carbonyl (C=O) groups is 3. The quantitative estimate of drug-likeness (QED) is 0.483. The zero-order valence-electron chi connectivity index (χ0n) is 15.1. The molecule has 1 aromatic heterocycles. The van der Waals surface area contributed by atoms with Crippen molar-refractivity contribution < 1.29 is 24.2 Å². The smallest absolute Gasteiger partial charge is 0.405 e. The van der Waals surface area contributed by atoms with Crippen LogP contribution in [0.2, 0.25) is 0 Å². The van der Waals surface area contributed by atoms with Crippen LogP contribution in [0.4, 0.5) is 4.79 Å². The molecule has 2 aromatic rings. The predicted molar refractivity (Wildman–Crippen MR) is 100 cm³/mol. The van der Waals surface area contributed by atoms with Crippen LogP contribution in [-0.4, -0.2) is 47.6 Å². The van der Waals surface area contributed by atoms with E-state index in [2.05, 4.69) is 22.2 Å². The molecule has 0 bridgehead atoms. The summed E-state index contributed by atoms with van der Waals surface area (Å²) in [6.45, 7) is 5.06. The number of hydrogen-bond donors (Lipinski definition) is 3. The summed E-state index contributed by atoms with van der Waals surface area (Å²) in [7, 11) is 1.45. The number of ketones is 1. The van der Waals surface area contributed by atoms with Crippen molar-refractivity contribution in [1.82, 2.24) is 15.6 Å². The van der Waals surface area contributed by atoms with Crippen LogP contribution < -0.4 is 15.4 Å². The van der Waals surface area contributed by atoms with Gasteiger partial charge in [0.05, 0.1) is 24.7 Å². The SMILES string of the molecule is C=CCC(NC(=O)O)C(=O)NCC(=O)c1cc2ccc(C)nc2cc1OC. The van der Waals surface area contributed by atoms with E-state index in [1.807, 2.05) is 19.1 Å². The summed E-state index contributed by atoms with van der Waals surface area (Å²) in [5.41, 5.74) is 1.85. The molecule has 0 fully saturated rings. The molecule has 0 aliphatic carbocycles. The summed E-state index contributed by atoms with van der Waals surface area (Å²) in [6, 6.07) is 6.00. The summed E-state index contributed by atoms with van der Waals surface area (Å²) >= 11 is 0. The Labute approximate surface area is 156 Å². The Morgan fingerprint density at radius 2 is 2.07 bits per heavy atom. The molecule has 0 spiro atoms. The van der Waals surface area contributed by atoms with Crippen LogP contribution in [-0.2, 0) is 4.79 Å². The second-order valence-corrected chi connectivity index (χ2v) is 5.87. The van der Waals surface area contributed by atoms with E-state index in [-0.39, 0.29) is 18.7 Å². The molecule has 0 saturated carbocycles. The summed E-state index contributed by atoms with van der Waals surface area (Å²) in [5.74, 6) is -0.621. The maximum Gasteiger partial charge on any atom is 0.405 e. The average Bonchev–Trinajstić information content (AvgIpc) is 2.63. The number of amides is 2. The lowest BCUT2D eigenvalue weighted by molar-refractivity contribution is -0.122. The highest BCUT2D eigenvalue weighted by Crippen LogP contribution is 2.25. The van der Waals surface area contributed by atoms with Crippen LogP contribution in [0.25, 0.3) is 10.9 Å². The van der Waals surface area contributed by atoms with E-state index in [4.69, 9.17) is 9.84 Å². The van der Waals surface area contributed by atoms with Crippen molar-refractivity contribution in [2.75, 3.05) is 13.7 Å². The van der Waals surface area contributed by atoms with Crippen molar-refractivity contribution >= 4 is 28.7 Å². The minimum atomic E-state index is -1.33. The number of carbonyl (C=O) groups excluding carboxylic acids is 2. The number of aromatic nitrogens is 1. The number of nitrogens with one attached hydrogen (secondary N) is 2. The Kier molecular flexibility index (Phi) is 6.48. The lowest BCUT2D eigenvalue weighted by Crippen LogP contribution is -2.47. The Hall–Kier alpha value is -3.42. The fourth-order valence-electron chi connectivity index (χ4n) is 2.57. The lowest BCUT2D eigenvalue weighted by atomic mass is 10.0. The molecule has 0 radical (unpaired) electrons. The van der Waals surface area contributed by atoms with E-state index < -0.39 is 18.0 Å². The molecule has 142 valence electrons. The van der Waals surface area contributed by atoms with Crippen molar-refractivity contribution in [3.8, 4) is 5.75 Å². The number of rotatable bonds is 8. The molecular weight excluding hydrogens is 350 g/mol. The third-order valence-corrected chi connectivity index (χ3v) is 3.89. The number of nitrogens with zero attached hydrogens (tertiary/aromatic N) is 1. The molecule has 1 atom stereocenters. The summed E-state index contributed by atoms with van der Waals surface area (Å²) in [6.07, 6.45) is 0.197. The van der Waals surface area contributed by atoms with E-state index in [0.717, 1.165) is 11.1 Å². The van der Waals surface area contributed by atoms with Gasteiger partial charge < -0.3 is 20.5 Å². The number of benzene rings is 1. The molecule has 1 heterocycles. The monoisotopic (exact) mass is 371 g/mol. The first-order valence-corrected chi connectivity index (χ1v) is 8.22. The second kappa shape index (κ2) is 8.79. The molecule has 8 heteroatoms. The van der Waals surface area contributed by atoms with Gasteiger partial charge in [0.1, 0.15) is 11.8 Å². The molecule has 0 aliphatic rings. The number of pyridine rings is 1. The lowest BCUT2D eigenvalue weighted by Gasteiger charge is -2.15. The van der Waals surface area contributed by atoms with E-state index in [9.17, 15) is 14.4 Å². The third kappa shape index (κ3) is 5.04. The van der Waals surface area contributed by atoms with E-state index in [1.54, 1.807) is 12.1 Å². The molecule has 1 aromatic carbocycles. The maximum atomic E-state index is 12.6. The fraction of sp³-hybridized carbons (Fsp3) is 0.263. The molecule has 0 aliphatic heterocycles. The van der Waals surface area contributed by atoms with Crippen LogP contribution >= 0.6 is 0 Å². The molecule has 3 N–H and O–H groups in total. The summed E-state index contributed by atoms with van der Waals surface area (Å²) < 4.78 is 5.28. The molecular formula is C19H21N3O5. The van der Waals surface area contributed by atoms with Gasteiger partial charge in [-0.1, -0.05) is 12.1 Å². The molecule has 1 unspecified atom stereocenters. The van der Waals surface area contributed by atoms with Crippen molar-refractivity contribution in [1.29, 1.82) is 0 Å². The summed E-state index contributed by atoms with van der Waals surface area (Å²) in [4.78, 5) is 39.9. The Morgan fingerprint density at radius 1 is 1.33 bits per heavy atom. The minimum absolute atomic E-state index is 0.108. The van der Waals surface area contributed by atoms with E-state index in [0.29, 0.717) is 16.8 Å². The fourth-order valence-corrected chi connectivity index (χ4v) is 2.57. The van der Waals surface area contributed by atoms with Crippen LogP contribution in [0.3, 0.4) is 0 Å². The van der Waals surface area contributed by atoms with Gasteiger partial charge in [0.25, 0.3) is 0 Å². The van der Waals surface area contributed by atoms with Crippen molar-refractivity contribution in [3.63, 3.8) is 0 Å². The van der Waals surface area contributed by atoms with Gasteiger partial charge in [0.2, 0.25) is 5.91 Å². The standard InChI is InChI=1S/C19H21N3O5/c1-4-5-14(22-19(25)26)18(24)20-10-16(23)13-8-12-7-6-11(2)21-15(12)9-17(13)27-3/h4,6-9,14,22H,1,5,10H2,2-3H3,(H,20,24)(H,25,26). The predicted octanol–water partition coefficient (Wildman–Crippen LogP) is 2.06. The zero-order chi connectivity index (χ0) is 20.0. The Morgan fingerprint density at radius 3 is 2.70 bits per heavy atom. The number of methoxy groups -OCH3 is 1. The Bertz CT molecular complexity index is 894. The van der Waals surface area contributed by atoms with Gasteiger partial charge in [-0.2, -0.15) is 0 Å². The number of ether oxygens (including phenoxy) is 1. The van der Waals surface area contributed by atoms with Crippen LogP contribution in [0.1, 0.15) is 22.5 Å². The normalized spacial score (nSPS) is 11.5. The first-order chi connectivity index (χ1) is 12.8. The Balaban J connectivity index is 2.17. The van der Waals surface area contributed by atoms with Gasteiger partial charge in [-0.15, -0.1) is 6.58 Å². The van der Waals surface area contributed by atoms with Gasteiger partial charge in [0, 0.05) is 17.1 Å². The van der Waals surface area contributed by atoms with Crippen molar-refractivity contribution in [2.45, 2.75) is 19.4 Å². The first-order valence-electron chi connectivity index (χ1n) is 8.22. The topological polar surface area (TPSA) is 118 Å². The third-order valence-electron chi connectivity index (χ3n) is 3.89. The highest BCUT2D eigenvalue weighted by atomic mass is 16.5. The van der Waals surface area contributed by atoms with Crippen molar-refractivity contribution in [3.05, 3.63) is 48.2 Å². The largest absolute Gasteiger partial charge is 0.496 e. The number of aryl methyl sites for hydroxylation is 1. The number of carboxylic acid groups (broad SMARTS) is 1. The van der Waals surface area contributed by atoms with Crippen LogP contribution in [0.15, 0.2) is 36.9 Å². The second-order valence-electron chi connectivity index (χ2n) is 5.87. The zero-order valence-corrected chi connectivity index (χ0v) is 15.1. The average molecular weight is 371 g/mol. The minimum Gasteiger partial charge on any atom is -0.496 e. The first kappa shape index (κ1) is 19.9. The van der Waals surface area contributed by atoms with Gasteiger partial charge >= 0.3 is 6.09 Å². The van der Waals surface area contributed by atoms with Crippen LogP contribution in [0.5, 0.6) is 5.75 Å². The maximum absolute atomic E-state index is 12.6. The van der Waals surface area contributed by atoms with Crippen LogP contribution in [0, 0.1) is 6.92 Å². The number of hydrogen-bond acceptors (Lipinski definition) is 5. The van der Waals surface area contributed by atoms with E-state index >= 15 is 0 Å². The number of Topliss-reactive ketones (excluding diaryl/α,β-unsaturated/α-hetero) is 1. The number of fused-ring (bicyclic) bond motifs is 1. The van der Waals surface area contributed by atoms with Gasteiger partial charge in [-0.3, -0.25) is 14.6 Å². The van der Waals surface area contributed by atoms with E-state index in [1.165, 1.54) is 13.2 Å². The molecule has 27 heavy (non-hydrogen) atoms. The molecule has 2 amide bonds. The molecule has 2 rings (SSSR count). The van der Waals surface area contributed by atoms with Gasteiger partial charge in [-0.25, -0.2) is 4.79 Å². The molecule has 8 nitrogen and oxygen atoms in total. The summed E-state index contributed by atoms with van der Waals surface area (Å²) in [5, 5.41) is 14.1. The van der Waals surface area contributed by atoms with Gasteiger partial charge in [-0.05, 0) is 25.5 Å². The molecule has 0 saturated heterocycles. The highest BCUT2D eigenvalue weighted by molar-refractivity contribution is 6.04. The van der Waals surface area contributed by atoms with Gasteiger partial charge in [0.15, 0.2) is 5.78 Å². The van der Waals surface area contributed by atoms with Crippen molar-refractivity contribution in [2.24, 2.45) is 0 Å². The highest BCUT2D eigenvalue weighted by Gasteiger charge is 2.21.